The van der Waals surface area contributed by atoms with Crippen LogP contribution in [0.4, 0.5) is 0 Å². The van der Waals surface area contributed by atoms with E-state index in [1.165, 1.54) is 11.1 Å². The summed E-state index contributed by atoms with van der Waals surface area (Å²) in [7, 11) is 0. The third-order valence-corrected chi connectivity index (χ3v) is 4.25. The highest BCUT2D eigenvalue weighted by atomic mass is 79.9. The number of halogens is 1. The third kappa shape index (κ3) is 3.48. The Morgan fingerprint density at radius 1 is 1.10 bits per heavy atom. The fourth-order valence-corrected chi connectivity index (χ4v) is 3.20. The van der Waals surface area contributed by atoms with E-state index in [-0.39, 0.29) is 0 Å². The Morgan fingerprint density at radius 2 is 1.95 bits per heavy atom. The lowest BCUT2D eigenvalue weighted by Crippen LogP contribution is -2.45. The third-order valence-electron chi connectivity index (χ3n) is 3.76. The van der Waals surface area contributed by atoms with Crippen LogP contribution in [0.2, 0.25) is 0 Å². The van der Waals surface area contributed by atoms with E-state index in [9.17, 15) is 0 Å². The van der Waals surface area contributed by atoms with Gasteiger partial charge in [-0.3, -0.25) is 4.90 Å². The molecular formula is C17H19BrN2. The summed E-state index contributed by atoms with van der Waals surface area (Å²) < 4.78 is 1.16. The largest absolute Gasteiger partial charge is 0.308 e. The van der Waals surface area contributed by atoms with Gasteiger partial charge in [0, 0.05) is 36.7 Å². The van der Waals surface area contributed by atoms with Crippen molar-refractivity contribution in [1.82, 2.24) is 10.2 Å². The normalized spacial score (nSPS) is 19.9. The first-order valence-corrected chi connectivity index (χ1v) is 7.86. The van der Waals surface area contributed by atoms with Crippen molar-refractivity contribution < 1.29 is 0 Å². The molecule has 0 saturated carbocycles. The first kappa shape index (κ1) is 13.8. The van der Waals surface area contributed by atoms with Crippen LogP contribution in [-0.2, 0) is 6.54 Å². The number of benzene rings is 2. The van der Waals surface area contributed by atoms with Crippen molar-refractivity contribution in [2.75, 3.05) is 19.6 Å². The molecule has 1 fully saturated rings. The van der Waals surface area contributed by atoms with Crippen LogP contribution in [0.1, 0.15) is 17.2 Å². The van der Waals surface area contributed by atoms with Gasteiger partial charge in [0.05, 0.1) is 0 Å². The highest BCUT2D eigenvalue weighted by Crippen LogP contribution is 2.19. The van der Waals surface area contributed by atoms with Crippen molar-refractivity contribution in [2.45, 2.75) is 12.6 Å². The van der Waals surface area contributed by atoms with Crippen LogP contribution in [0.3, 0.4) is 0 Å². The van der Waals surface area contributed by atoms with Gasteiger partial charge in [0.1, 0.15) is 0 Å². The molecule has 0 spiro atoms. The van der Waals surface area contributed by atoms with Gasteiger partial charge in [0.15, 0.2) is 0 Å². The molecule has 2 aromatic rings. The van der Waals surface area contributed by atoms with E-state index in [0.29, 0.717) is 6.04 Å². The Balaban J connectivity index is 1.66. The van der Waals surface area contributed by atoms with E-state index in [4.69, 9.17) is 0 Å². The van der Waals surface area contributed by atoms with Gasteiger partial charge in [0.2, 0.25) is 0 Å². The van der Waals surface area contributed by atoms with Crippen LogP contribution < -0.4 is 5.32 Å². The van der Waals surface area contributed by atoms with Gasteiger partial charge in [0.25, 0.3) is 0 Å². The maximum absolute atomic E-state index is 3.61. The molecule has 0 aromatic heterocycles. The molecular weight excluding hydrogens is 312 g/mol. The zero-order valence-corrected chi connectivity index (χ0v) is 13.0. The Kier molecular flexibility index (Phi) is 4.51. The van der Waals surface area contributed by atoms with E-state index < -0.39 is 0 Å². The maximum atomic E-state index is 3.61. The fourth-order valence-electron chi connectivity index (χ4n) is 2.76. The minimum Gasteiger partial charge on any atom is -0.308 e. The number of hydrogen-bond donors (Lipinski definition) is 1. The van der Waals surface area contributed by atoms with Crippen LogP contribution in [0, 0.1) is 0 Å². The smallest absolute Gasteiger partial charge is 0.0449 e. The second-order valence-electron chi connectivity index (χ2n) is 5.28. The Hall–Kier alpha value is -1.16. The molecule has 0 radical (unpaired) electrons. The minimum absolute atomic E-state index is 0.442. The average molecular weight is 331 g/mol. The summed E-state index contributed by atoms with van der Waals surface area (Å²) in [5.41, 5.74) is 2.75. The summed E-state index contributed by atoms with van der Waals surface area (Å²) in [6.45, 7) is 4.24. The van der Waals surface area contributed by atoms with Gasteiger partial charge in [-0.05, 0) is 23.3 Å². The Morgan fingerprint density at radius 3 is 2.75 bits per heavy atom. The van der Waals surface area contributed by atoms with Gasteiger partial charge in [-0.1, -0.05) is 58.4 Å². The summed E-state index contributed by atoms with van der Waals surface area (Å²) in [5.74, 6) is 0. The highest BCUT2D eigenvalue weighted by Gasteiger charge is 2.20. The number of piperazine rings is 1. The molecule has 3 rings (SSSR count). The SMILES string of the molecule is Brc1cccc(CN2CCNC(c3ccccc3)C2)c1. The van der Waals surface area contributed by atoms with Crippen LogP contribution in [0.5, 0.6) is 0 Å². The van der Waals surface area contributed by atoms with Gasteiger partial charge in [-0.2, -0.15) is 0 Å². The second-order valence-corrected chi connectivity index (χ2v) is 6.20. The second kappa shape index (κ2) is 6.53. The number of nitrogens with one attached hydrogen (secondary N) is 1. The lowest BCUT2D eigenvalue weighted by Gasteiger charge is -2.34. The van der Waals surface area contributed by atoms with E-state index >= 15 is 0 Å². The van der Waals surface area contributed by atoms with Crippen LogP contribution >= 0.6 is 15.9 Å². The minimum atomic E-state index is 0.442. The summed E-state index contributed by atoms with van der Waals surface area (Å²) in [6.07, 6.45) is 0. The molecule has 20 heavy (non-hydrogen) atoms. The molecule has 0 amide bonds. The van der Waals surface area contributed by atoms with Gasteiger partial charge < -0.3 is 5.32 Å². The molecule has 1 aliphatic rings. The van der Waals surface area contributed by atoms with Crippen molar-refractivity contribution in [2.24, 2.45) is 0 Å². The first-order chi connectivity index (χ1) is 9.81. The first-order valence-electron chi connectivity index (χ1n) is 7.06. The topological polar surface area (TPSA) is 15.3 Å². The number of hydrogen-bond acceptors (Lipinski definition) is 2. The molecule has 1 N–H and O–H groups in total. The van der Waals surface area contributed by atoms with Gasteiger partial charge >= 0.3 is 0 Å². The maximum Gasteiger partial charge on any atom is 0.0449 e. The van der Waals surface area contributed by atoms with Crippen molar-refractivity contribution in [1.29, 1.82) is 0 Å². The lowest BCUT2D eigenvalue weighted by atomic mass is 10.0. The molecule has 2 aromatic carbocycles. The predicted molar refractivity (Wildman–Crippen MR) is 86.6 cm³/mol. The van der Waals surface area contributed by atoms with Crippen molar-refractivity contribution in [3.05, 3.63) is 70.2 Å². The molecule has 1 unspecified atom stereocenters. The summed E-state index contributed by atoms with van der Waals surface area (Å²) in [5, 5.41) is 3.61. The quantitative estimate of drug-likeness (QED) is 0.925. The molecule has 1 heterocycles. The summed E-state index contributed by atoms with van der Waals surface area (Å²) in [6, 6.07) is 19.8. The zero-order chi connectivity index (χ0) is 13.8. The molecule has 2 nitrogen and oxygen atoms in total. The predicted octanol–water partition coefficient (Wildman–Crippen LogP) is 3.60. The van der Waals surface area contributed by atoms with E-state index in [0.717, 1.165) is 30.7 Å². The zero-order valence-electron chi connectivity index (χ0n) is 11.4. The molecule has 1 aliphatic heterocycles. The van der Waals surface area contributed by atoms with Crippen LogP contribution in [0.25, 0.3) is 0 Å². The molecule has 1 saturated heterocycles. The van der Waals surface area contributed by atoms with Gasteiger partial charge in [-0.15, -0.1) is 0 Å². The molecule has 104 valence electrons. The summed E-state index contributed by atoms with van der Waals surface area (Å²) >= 11 is 3.54. The molecule has 0 bridgehead atoms. The molecule has 3 heteroatoms. The van der Waals surface area contributed by atoms with Crippen molar-refractivity contribution in [3.63, 3.8) is 0 Å². The average Bonchev–Trinajstić information content (AvgIpc) is 2.48. The van der Waals surface area contributed by atoms with E-state index in [1.807, 2.05) is 0 Å². The van der Waals surface area contributed by atoms with Crippen LogP contribution in [-0.4, -0.2) is 24.5 Å². The highest BCUT2D eigenvalue weighted by molar-refractivity contribution is 9.10. The molecule has 0 aliphatic carbocycles. The van der Waals surface area contributed by atoms with E-state index in [1.54, 1.807) is 0 Å². The standard InChI is InChI=1S/C17H19BrN2/c18-16-8-4-5-14(11-16)12-20-10-9-19-17(13-20)15-6-2-1-3-7-15/h1-8,11,17,19H,9-10,12-13H2. The Labute approximate surface area is 128 Å². The monoisotopic (exact) mass is 330 g/mol. The van der Waals surface area contributed by atoms with E-state index in [2.05, 4.69) is 80.7 Å². The van der Waals surface area contributed by atoms with Crippen molar-refractivity contribution >= 4 is 15.9 Å². The fraction of sp³-hybridized carbons (Fsp3) is 0.294. The van der Waals surface area contributed by atoms with Crippen molar-refractivity contribution in [3.8, 4) is 0 Å². The number of nitrogens with zero attached hydrogens (tertiary/aromatic N) is 1. The Bertz CT molecular complexity index is 556. The van der Waals surface area contributed by atoms with Crippen LogP contribution in [0.15, 0.2) is 59.1 Å². The lowest BCUT2D eigenvalue weighted by molar-refractivity contribution is 0.193. The molecule has 1 atom stereocenters. The van der Waals surface area contributed by atoms with Gasteiger partial charge in [-0.25, -0.2) is 0 Å². The number of rotatable bonds is 3. The summed E-state index contributed by atoms with van der Waals surface area (Å²) in [4.78, 5) is 2.52.